The van der Waals surface area contributed by atoms with Crippen molar-refractivity contribution in [1.29, 1.82) is 0 Å². The topological polar surface area (TPSA) is 92.4 Å². The Kier molecular flexibility index (Phi) is 6.02. The van der Waals surface area contributed by atoms with Crippen LogP contribution in [0.5, 0.6) is 0 Å². The van der Waals surface area contributed by atoms with Crippen molar-refractivity contribution < 1.29 is 19.1 Å². The molecule has 0 saturated heterocycles. The van der Waals surface area contributed by atoms with Crippen LogP contribution in [-0.4, -0.2) is 22.0 Å². The number of rotatable bonds is 6. The van der Waals surface area contributed by atoms with Gasteiger partial charge in [0.2, 0.25) is 0 Å². The third-order valence-corrected chi connectivity index (χ3v) is 5.17. The number of carboxylic acid groups (broad SMARTS) is 1. The summed E-state index contributed by atoms with van der Waals surface area (Å²) in [6.07, 6.45) is 1.78. The van der Waals surface area contributed by atoms with Crippen molar-refractivity contribution in [1.82, 2.24) is 4.98 Å². The predicted octanol–water partition coefficient (Wildman–Crippen LogP) is 5.54. The molecule has 162 valence electrons. The molecule has 6 nitrogen and oxygen atoms in total. The largest absolute Gasteiger partial charge is 0.481 e. The van der Waals surface area contributed by atoms with Gasteiger partial charge in [0.15, 0.2) is 11.7 Å². The van der Waals surface area contributed by atoms with Crippen LogP contribution in [0.2, 0.25) is 0 Å². The number of oxazole rings is 1. The molecule has 0 spiro atoms. The standard InChI is InChI=1S/C25H28N2O4/c1-24(2,3)18-10-6-17(7-11-18)22(28)27-19-12-8-16(9-13-19)20-15-26-21(31-20)14-25(4,5)23(29)30/h6-13,15H,14H2,1-5H3,(H,27,28)(H,29,30). The van der Waals surface area contributed by atoms with Gasteiger partial charge in [-0.15, -0.1) is 0 Å². The van der Waals surface area contributed by atoms with Crippen LogP contribution >= 0.6 is 0 Å². The zero-order chi connectivity index (χ0) is 22.8. The van der Waals surface area contributed by atoms with Gasteiger partial charge in [0, 0.05) is 23.2 Å². The van der Waals surface area contributed by atoms with Gasteiger partial charge < -0.3 is 14.8 Å². The number of carbonyl (C=O) groups is 2. The minimum absolute atomic E-state index is 0.0365. The second-order valence-electron chi connectivity index (χ2n) is 9.34. The third-order valence-electron chi connectivity index (χ3n) is 5.17. The monoisotopic (exact) mass is 420 g/mol. The fourth-order valence-corrected chi connectivity index (χ4v) is 3.02. The molecule has 0 aliphatic carbocycles. The van der Waals surface area contributed by atoms with Gasteiger partial charge >= 0.3 is 5.97 Å². The summed E-state index contributed by atoms with van der Waals surface area (Å²) >= 11 is 0. The summed E-state index contributed by atoms with van der Waals surface area (Å²) in [6.45, 7) is 9.66. The van der Waals surface area contributed by atoms with Crippen LogP contribution < -0.4 is 5.32 Å². The molecule has 0 unspecified atom stereocenters. The van der Waals surface area contributed by atoms with Crippen LogP contribution in [-0.2, 0) is 16.6 Å². The van der Waals surface area contributed by atoms with Gasteiger partial charge in [0.05, 0.1) is 11.6 Å². The Labute approximate surface area is 182 Å². The van der Waals surface area contributed by atoms with Crippen LogP contribution in [0, 0.1) is 5.41 Å². The summed E-state index contributed by atoms with van der Waals surface area (Å²) in [4.78, 5) is 28.0. The molecule has 1 heterocycles. The molecular formula is C25H28N2O4. The maximum Gasteiger partial charge on any atom is 0.309 e. The van der Waals surface area contributed by atoms with Gasteiger partial charge in [-0.2, -0.15) is 0 Å². The smallest absolute Gasteiger partial charge is 0.309 e. The average Bonchev–Trinajstić information content (AvgIpc) is 3.15. The van der Waals surface area contributed by atoms with Gasteiger partial charge in [-0.05, 0) is 61.2 Å². The maximum atomic E-state index is 12.5. The molecule has 0 aliphatic rings. The first kappa shape index (κ1) is 22.3. The molecule has 6 heteroatoms. The van der Waals surface area contributed by atoms with E-state index in [9.17, 15) is 14.7 Å². The van der Waals surface area contributed by atoms with E-state index in [1.54, 1.807) is 32.2 Å². The van der Waals surface area contributed by atoms with Crippen molar-refractivity contribution in [2.24, 2.45) is 5.41 Å². The second-order valence-corrected chi connectivity index (χ2v) is 9.34. The number of anilines is 1. The van der Waals surface area contributed by atoms with Crippen molar-refractivity contribution in [2.45, 2.75) is 46.5 Å². The zero-order valence-corrected chi connectivity index (χ0v) is 18.5. The van der Waals surface area contributed by atoms with Gasteiger partial charge in [-0.1, -0.05) is 32.9 Å². The van der Waals surface area contributed by atoms with Crippen molar-refractivity contribution in [3.05, 3.63) is 71.7 Å². The van der Waals surface area contributed by atoms with Gasteiger partial charge in [-0.25, -0.2) is 4.98 Å². The highest BCUT2D eigenvalue weighted by Crippen LogP contribution is 2.27. The van der Waals surface area contributed by atoms with Crippen LogP contribution in [0.4, 0.5) is 5.69 Å². The number of amides is 1. The lowest BCUT2D eigenvalue weighted by atomic mass is 9.87. The number of hydrogen-bond donors (Lipinski definition) is 2. The fraction of sp³-hybridized carbons (Fsp3) is 0.320. The molecule has 2 N–H and O–H groups in total. The number of nitrogens with one attached hydrogen (secondary N) is 1. The molecule has 0 bridgehead atoms. The van der Waals surface area contributed by atoms with Gasteiger partial charge in [0.25, 0.3) is 5.91 Å². The molecule has 3 rings (SSSR count). The van der Waals surface area contributed by atoms with E-state index in [2.05, 4.69) is 31.1 Å². The average molecular weight is 421 g/mol. The van der Waals surface area contributed by atoms with E-state index in [4.69, 9.17) is 4.42 Å². The van der Waals surface area contributed by atoms with E-state index in [1.165, 1.54) is 5.56 Å². The van der Waals surface area contributed by atoms with E-state index < -0.39 is 11.4 Å². The predicted molar refractivity (Wildman–Crippen MR) is 120 cm³/mol. The van der Waals surface area contributed by atoms with Crippen LogP contribution in [0.1, 0.15) is 56.4 Å². The lowest BCUT2D eigenvalue weighted by Gasteiger charge is -2.19. The SMILES string of the molecule is CC(C)(Cc1ncc(-c2ccc(NC(=O)c3ccc(C(C)(C)C)cc3)cc2)o1)C(=O)O. The summed E-state index contributed by atoms with van der Waals surface area (Å²) in [5.74, 6) is -0.156. The van der Waals surface area contributed by atoms with Gasteiger partial charge in [-0.3, -0.25) is 9.59 Å². The minimum Gasteiger partial charge on any atom is -0.481 e. The summed E-state index contributed by atoms with van der Waals surface area (Å²) in [6, 6.07) is 14.9. The summed E-state index contributed by atoms with van der Waals surface area (Å²) in [7, 11) is 0. The van der Waals surface area contributed by atoms with E-state index in [-0.39, 0.29) is 17.7 Å². The summed E-state index contributed by atoms with van der Waals surface area (Å²) in [5, 5.41) is 12.1. The molecule has 3 aromatic rings. The molecule has 0 aliphatic heterocycles. The minimum atomic E-state index is -0.957. The second kappa shape index (κ2) is 8.38. The Morgan fingerprint density at radius 3 is 2.13 bits per heavy atom. The molecule has 0 radical (unpaired) electrons. The lowest BCUT2D eigenvalue weighted by Crippen LogP contribution is -2.26. The lowest BCUT2D eigenvalue weighted by molar-refractivity contribution is -0.147. The number of nitrogens with zero attached hydrogens (tertiary/aromatic N) is 1. The Morgan fingerprint density at radius 2 is 1.58 bits per heavy atom. The highest BCUT2D eigenvalue weighted by Gasteiger charge is 2.29. The van der Waals surface area contributed by atoms with Gasteiger partial charge in [0.1, 0.15) is 0 Å². The van der Waals surface area contributed by atoms with Crippen molar-refractivity contribution in [2.75, 3.05) is 5.32 Å². The normalized spacial score (nSPS) is 11.9. The summed E-state index contributed by atoms with van der Waals surface area (Å²) in [5.41, 5.74) is 2.31. The van der Waals surface area contributed by atoms with Crippen molar-refractivity contribution >= 4 is 17.6 Å². The Morgan fingerprint density at radius 1 is 0.968 bits per heavy atom. The number of aliphatic carboxylic acids is 1. The Balaban J connectivity index is 1.67. The Bertz CT molecular complexity index is 1070. The highest BCUT2D eigenvalue weighted by molar-refractivity contribution is 6.04. The Hall–Kier alpha value is -3.41. The number of carboxylic acids is 1. The third kappa shape index (κ3) is 5.40. The first-order valence-corrected chi connectivity index (χ1v) is 10.2. The number of benzene rings is 2. The quantitative estimate of drug-likeness (QED) is 0.546. The van der Waals surface area contributed by atoms with Crippen molar-refractivity contribution in [3.8, 4) is 11.3 Å². The molecular weight excluding hydrogens is 392 g/mol. The first-order chi connectivity index (χ1) is 14.5. The number of carbonyl (C=O) groups excluding carboxylic acids is 1. The summed E-state index contributed by atoms with van der Waals surface area (Å²) < 4.78 is 5.72. The van der Waals surface area contributed by atoms with Crippen LogP contribution in [0.25, 0.3) is 11.3 Å². The maximum absolute atomic E-state index is 12.5. The van der Waals surface area contributed by atoms with E-state index >= 15 is 0 Å². The van der Waals surface area contributed by atoms with Crippen molar-refractivity contribution in [3.63, 3.8) is 0 Å². The fourth-order valence-electron chi connectivity index (χ4n) is 3.02. The number of aromatic nitrogens is 1. The highest BCUT2D eigenvalue weighted by atomic mass is 16.4. The molecule has 0 saturated carbocycles. The molecule has 1 amide bonds. The van der Waals surface area contributed by atoms with E-state index in [0.717, 1.165) is 5.56 Å². The zero-order valence-electron chi connectivity index (χ0n) is 18.5. The molecule has 0 atom stereocenters. The molecule has 0 fully saturated rings. The molecule has 2 aromatic carbocycles. The number of hydrogen-bond acceptors (Lipinski definition) is 4. The first-order valence-electron chi connectivity index (χ1n) is 10.2. The molecule has 31 heavy (non-hydrogen) atoms. The van der Waals surface area contributed by atoms with E-state index in [0.29, 0.717) is 22.9 Å². The van der Waals surface area contributed by atoms with E-state index in [1.807, 2.05) is 36.4 Å². The van der Waals surface area contributed by atoms with Crippen LogP contribution in [0.3, 0.4) is 0 Å². The molecule has 1 aromatic heterocycles. The van der Waals surface area contributed by atoms with Crippen LogP contribution in [0.15, 0.2) is 59.1 Å².